The number of carbonyl (C=O) groups excluding carboxylic acids is 1. The van der Waals surface area contributed by atoms with Crippen LogP contribution in [0, 0.1) is 17.8 Å². The first-order chi connectivity index (χ1) is 8.48. The number of ether oxygens (including phenoxy) is 2. The molecular formula is C15H22O3. The smallest absolute Gasteiger partial charge is 0.335 e. The van der Waals surface area contributed by atoms with Gasteiger partial charge >= 0.3 is 5.97 Å². The van der Waals surface area contributed by atoms with Gasteiger partial charge < -0.3 is 9.47 Å². The molecule has 0 spiro atoms. The van der Waals surface area contributed by atoms with E-state index in [0.29, 0.717) is 11.5 Å². The van der Waals surface area contributed by atoms with Crippen LogP contribution in [0.4, 0.5) is 0 Å². The lowest BCUT2D eigenvalue weighted by Gasteiger charge is -2.35. The predicted octanol–water partition coefficient (Wildman–Crippen LogP) is 3.05. The van der Waals surface area contributed by atoms with E-state index < -0.39 is 6.29 Å². The summed E-state index contributed by atoms with van der Waals surface area (Å²) in [7, 11) is 0. The molecule has 0 heterocycles. The number of carbonyl (C=O) groups is 1. The van der Waals surface area contributed by atoms with Gasteiger partial charge in [-0.3, -0.25) is 0 Å². The van der Waals surface area contributed by atoms with Crippen LogP contribution in [0.25, 0.3) is 0 Å². The Balaban J connectivity index is 1.63. The van der Waals surface area contributed by atoms with Gasteiger partial charge in [0.25, 0.3) is 0 Å². The highest BCUT2D eigenvalue weighted by atomic mass is 16.7. The van der Waals surface area contributed by atoms with E-state index in [1.807, 2.05) is 6.92 Å². The van der Waals surface area contributed by atoms with Crippen LogP contribution in [0.1, 0.15) is 46.0 Å². The van der Waals surface area contributed by atoms with Gasteiger partial charge in [-0.05, 0) is 63.7 Å². The fraction of sp³-hybridized carbons (Fsp3) is 0.800. The van der Waals surface area contributed by atoms with Gasteiger partial charge in [0.15, 0.2) is 0 Å². The molecule has 100 valence electrons. The van der Waals surface area contributed by atoms with Crippen molar-refractivity contribution < 1.29 is 14.3 Å². The Morgan fingerprint density at radius 2 is 1.89 bits per heavy atom. The molecule has 0 amide bonds. The monoisotopic (exact) mass is 250 g/mol. The Hall–Kier alpha value is -0.830. The Labute approximate surface area is 109 Å². The van der Waals surface area contributed by atoms with E-state index in [0.717, 1.165) is 11.8 Å². The summed E-state index contributed by atoms with van der Waals surface area (Å²) in [5, 5.41) is 0. The summed E-state index contributed by atoms with van der Waals surface area (Å²) in [5.41, 5.74) is 0.447. The van der Waals surface area contributed by atoms with Gasteiger partial charge in [0, 0.05) is 5.57 Å². The average molecular weight is 250 g/mol. The van der Waals surface area contributed by atoms with E-state index in [2.05, 4.69) is 6.58 Å². The third kappa shape index (κ3) is 1.89. The number of hydrogen-bond acceptors (Lipinski definition) is 3. The average Bonchev–Trinajstić information content (AvgIpc) is 2.62. The van der Waals surface area contributed by atoms with Crippen LogP contribution in [0.2, 0.25) is 0 Å². The van der Waals surface area contributed by atoms with Crippen molar-refractivity contribution >= 4 is 5.97 Å². The largest absolute Gasteiger partial charge is 0.433 e. The Morgan fingerprint density at radius 3 is 2.44 bits per heavy atom. The van der Waals surface area contributed by atoms with E-state index >= 15 is 0 Å². The van der Waals surface area contributed by atoms with Gasteiger partial charge in [-0.15, -0.1) is 0 Å². The van der Waals surface area contributed by atoms with Crippen molar-refractivity contribution in [2.24, 2.45) is 17.8 Å². The maximum atomic E-state index is 11.5. The molecule has 4 saturated carbocycles. The minimum absolute atomic E-state index is 0.0162. The molecule has 4 aliphatic carbocycles. The van der Waals surface area contributed by atoms with Gasteiger partial charge in [0.1, 0.15) is 0 Å². The molecule has 0 aromatic rings. The van der Waals surface area contributed by atoms with E-state index in [4.69, 9.17) is 9.47 Å². The third-order valence-electron chi connectivity index (χ3n) is 4.94. The Morgan fingerprint density at radius 1 is 1.28 bits per heavy atom. The lowest BCUT2D eigenvalue weighted by Crippen LogP contribution is -2.38. The second-order valence-electron chi connectivity index (χ2n) is 6.48. The molecule has 4 rings (SSSR count). The van der Waals surface area contributed by atoms with Gasteiger partial charge in [0.05, 0.1) is 5.60 Å². The van der Waals surface area contributed by atoms with E-state index in [9.17, 15) is 4.79 Å². The lowest BCUT2D eigenvalue weighted by molar-refractivity contribution is -0.210. The Kier molecular flexibility index (Phi) is 2.77. The molecule has 0 aliphatic heterocycles. The summed E-state index contributed by atoms with van der Waals surface area (Å²) in [6, 6.07) is 0. The molecule has 4 bridgehead atoms. The van der Waals surface area contributed by atoms with Crippen molar-refractivity contribution in [3.8, 4) is 0 Å². The highest BCUT2D eigenvalue weighted by Crippen LogP contribution is 2.62. The highest BCUT2D eigenvalue weighted by molar-refractivity contribution is 5.86. The summed E-state index contributed by atoms with van der Waals surface area (Å²) in [5.74, 6) is 2.06. The van der Waals surface area contributed by atoms with E-state index in [-0.39, 0.29) is 11.6 Å². The fourth-order valence-corrected chi connectivity index (χ4v) is 4.52. The fourth-order valence-electron chi connectivity index (χ4n) is 4.52. The SMILES string of the molecule is C=C(C)C(=O)OC(C)OC12CC3CC(CC1C3)C2. The zero-order valence-corrected chi connectivity index (χ0v) is 11.3. The minimum atomic E-state index is -0.452. The van der Waals surface area contributed by atoms with Crippen molar-refractivity contribution in [1.82, 2.24) is 0 Å². The molecule has 3 heteroatoms. The predicted molar refractivity (Wildman–Crippen MR) is 67.7 cm³/mol. The molecular weight excluding hydrogens is 228 g/mol. The molecule has 0 N–H and O–H groups in total. The molecule has 18 heavy (non-hydrogen) atoms. The molecule has 0 aromatic carbocycles. The first-order valence-corrected chi connectivity index (χ1v) is 7.03. The zero-order chi connectivity index (χ0) is 12.9. The van der Waals surface area contributed by atoms with Crippen LogP contribution in [0.5, 0.6) is 0 Å². The van der Waals surface area contributed by atoms with Crippen LogP contribution in [-0.2, 0) is 14.3 Å². The van der Waals surface area contributed by atoms with Crippen LogP contribution in [0.15, 0.2) is 12.2 Å². The molecule has 4 aliphatic rings. The summed E-state index contributed by atoms with van der Waals surface area (Å²) in [6.07, 6.45) is 5.91. The minimum Gasteiger partial charge on any atom is -0.433 e. The van der Waals surface area contributed by atoms with Crippen LogP contribution in [-0.4, -0.2) is 17.9 Å². The standard InChI is InChI=1S/C15H22O3/c1-9(2)14(16)17-10(3)18-15-7-11-4-12(8-15)6-13(15)5-11/h10-13H,1,4-8H2,2-3H3. The van der Waals surface area contributed by atoms with E-state index in [1.165, 1.54) is 32.1 Å². The first-order valence-electron chi connectivity index (χ1n) is 7.03. The number of hydrogen-bond donors (Lipinski definition) is 0. The van der Waals surface area contributed by atoms with Crippen molar-refractivity contribution in [3.63, 3.8) is 0 Å². The van der Waals surface area contributed by atoms with Crippen LogP contribution in [0.3, 0.4) is 0 Å². The van der Waals surface area contributed by atoms with Crippen molar-refractivity contribution in [2.45, 2.75) is 57.8 Å². The maximum absolute atomic E-state index is 11.5. The molecule has 3 unspecified atom stereocenters. The summed E-state index contributed by atoms with van der Waals surface area (Å²) < 4.78 is 11.4. The number of rotatable bonds is 4. The molecule has 3 atom stereocenters. The second-order valence-corrected chi connectivity index (χ2v) is 6.48. The van der Waals surface area contributed by atoms with Crippen molar-refractivity contribution in [2.75, 3.05) is 0 Å². The van der Waals surface area contributed by atoms with Crippen LogP contribution >= 0.6 is 0 Å². The lowest BCUT2D eigenvalue weighted by atomic mass is 9.81. The normalized spacial score (nSPS) is 42.0. The molecule has 3 nitrogen and oxygen atoms in total. The molecule has 4 fully saturated rings. The topological polar surface area (TPSA) is 35.5 Å². The van der Waals surface area contributed by atoms with Gasteiger partial charge in [-0.1, -0.05) is 6.58 Å². The molecule has 0 radical (unpaired) electrons. The quantitative estimate of drug-likeness (QED) is 0.437. The summed E-state index contributed by atoms with van der Waals surface area (Å²) in [6.45, 7) is 7.09. The molecule has 0 aromatic heterocycles. The van der Waals surface area contributed by atoms with Crippen molar-refractivity contribution in [3.05, 3.63) is 12.2 Å². The van der Waals surface area contributed by atoms with Crippen molar-refractivity contribution in [1.29, 1.82) is 0 Å². The maximum Gasteiger partial charge on any atom is 0.335 e. The van der Waals surface area contributed by atoms with Gasteiger partial charge in [-0.2, -0.15) is 0 Å². The van der Waals surface area contributed by atoms with E-state index in [1.54, 1.807) is 6.92 Å². The zero-order valence-electron chi connectivity index (χ0n) is 11.3. The third-order valence-corrected chi connectivity index (χ3v) is 4.94. The summed E-state index contributed by atoms with van der Waals surface area (Å²) in [4.78, 5) is 11.5. The van der Waals surface area contributed by atoms with Gasteiger partial charge in [-0.25, -0.2) is 4.79 Å². The Bertz CT molecular complexity index is 373. The van der Waals surface area contributed by atoms with Gasteiger partial charge in [0.2, 0.25) is 6.29 Å². The summed E-state index contributed by atoms with van der Waals surface area (Å²) >= 11 is 0. The second kappa shape index (κ2) is 4.09. The number of esters is 1. The van der Waals surface area contributed by atoms with Crippen LogP contribution < -0.4 is 0 Å². The highest BCUT2D eigenvalue weighted by Gasteiger charge is 2.59. The first kappa shape index (κ1) is 12.2. The molecule has 0 saturated heterocycles.